The maximum Gasteiger partial charge on any atom is 0.312 e. The Bertz CT molecular complexity index is 745. The third-order valence-corrected chi connectivity index (χ3v) is 3.05. The van der Waals surface area contributed by atoms with Crippen LogP contribution in [0.2, 0.25) is 0 Å². The minimum absolute atomic E-state index is 0.134. The molecule has 19 heavy (non-hydrogen) atoms. The molecule has 0 bridgehead atoms. The number of carbonyl (C=O) groups is 1. The van der Waals surface area contributed by atoms with Gasteiger partial charge in [0.2, 0.25) is 0 Å². The number of esters is 1. The van der Waals surface area contributed by atoms with Crippen molar-refractivity contribution in [2.75, 3.05) is 6.61 Å². The summed E-state index contributed by atoms with van der Waals surface area (Å²) < 4.78 is 10.2. The van der Waals surface area contributed by atoms with Crippen molar-refractivity contribution in [2.24, 2.45) is 0 Å². The van der Waals surface area contributed by atoms with Gasteiger partial charge < -0.3 is 9.26 Å². The van der Waals surface area contributed by atoms with Crippen LogP contribution >= 0.6 is 0 Å². The van der Waals surface area contributed by atoms with Gasteiger partial charge in [0, 0.05) is 0 Å². The second kappa shape index (κ2) is 4.72. The average Bonchev–Trinajstić information content (AvgIpc) is 2.82. The highest BCUT2D eigenvalue weighted by Gasteiger charge is 2.15. The number of aromatic nitrogens is 1. The van der Waals surface area contributed by atoms with E-state index >= 15 is 0 Å². The Morgan fingerprint density at radius 2 is 2.11 bits per heavy atom. The lowest BCUT2D eigenvalue weighted by Gasteiger charge is -2.01. The SMILES string of the molecule is CCOC(=O)Cc1noc2ccc3ccccc3c12. The summed E-state index contributed by atoms with van der Waals surface area (Å²) in [5.74, 6) is -0.286. The maximum absolute atomic E-state index is 11.6. The summed E-state index contributed by atoms with van der Waals surface area (Å²) in [6.07, 6.45) is 0.134. The number of nitrogens with zero attached hydrogens (tertiary/aromatic N) is 1. The number of fused-ring (bicyclic) bond motifs is 3. The smallest absolute Gasteiger partial charge is 0.312 e. The van der Waals surface area contributed by atoms with Crippen LogP contribution in [-0.2, 0) is 16.0 Å². The molecule has 0 unspecified atom stereocenters. The molecule has 0 fully saturated rings. The summed E-state index contributed by atoms with van der Waals surface area (Å²) in [5, 5.41) is 7.03. The second-order valence-corrected chi connectivity index (χ2v) is 4.27. The first kappa shape index (κ1) is 11.7. The van der Waals surface area contributed by atoms with E-state index in [2.05, 4.69) is 5.16 Å². The van der Waals surface area contributed by atoms with Gasteiger partial charge in [-0.25, -0.2) is 0 Å². The highest BCUT2D eigenvalue weighted by Crippen LogP contribution is 2.28. The molecule has 4 nitrogen and oxygen atoms in total. The molecular weight excluding hydrogens is 242 g/mol. The summed E-state index contributed by atoms with van der Waals surface area (Å²) in [5.41, 5.74) is 1.32. The summed E-state index contributed by atoms with van der Waals surface area (Å²) >= 11 is 0. The van der Waals surface area contributed by atoms with Crippen LogP contribution in [0.3, 0.4) is 0 Å². The molecule has 96 valence electrons. The predicted molar refractivity (Wildman–Crippen MR) is 71.9 cm³/mol. The quantitative estimate of drug-likeness (QED) is 0.675. The van der Waals surface area contributed by atoms with Crippen LogP contribution < -0.4 is 0 Å². The fourth-order valence-corrected chi connectivity index (χ4v) is 2.24. The molecular formula is C15H13NO3. The van der Waals surface area contributed by atoms with Gasteiger partial charge in [-0.2, -0.15) is 0 Å². The summed E-state index contributed by atoms with van der Waals surface area (Å²) in [7, 11) is 0. The zero-order chi connectivity index (χ0) is 13.2. The van der Waals surface area contributed by atoms with E-state index in [0.29, 0.717) is 17.9 Å². The van der Waals surface area contributed by atoms with Gasteiger partial charge in [0.25, 0.3) is 0 Å². The normalized spacial score (nSPS) is 11.0. The van der Waals surface area contributed by atoms with Gasteiger partial charge in [0.1, 0.15) is 5.69 Å². The lowest BCUT2D eigenvalue weighted by molar-refractivity contribution is -0.142. The number of rotatable bonds is 3. The van der Waals surface area contributed by atoms with Gasteiger partial charge in [-0.1, -0.05) is 35.5 Å². The van der Waals surface area contributed by atoms with Crippen LogP contribution in [0.25, 0.3) is 21.7 Å². The van der Waals surface area contributed by atoms with Gasteiger partial charge in [0.15, 0.2) is 5.58 Å². The standard InChI is InChI=1S/C15H13NO3/c1-2-18-14(17)9-12-15-11-6-4-3-5-10(11)7-8-13(15)19-16-12/h3-8H,2,9H2,1H3. The lowest BCUT2D eigenvalue weighted by Crippen LogP contribution is -2.07. The van der Waals surface area contributed by atoms with Crippen molar-refractivity contribution in [2.45, 2.75) is 13.3 Å². The number of benzene rings is 2. The van der Waals surface area contributed by atoms with Crippen molar-refractivity contribution < 1.29 is 14.1 Å². The Morgan fingerprint density at radius 1 is 1.26 bits per heavy atom. The van der Waals surface area contributed by atoms with Crippen molar-refractivity contribution in [1.29, 1.82) is 0 Å². The highest BCUT2D eigenvalue weighted by atomic mass is 16.5. The molecule has 3 rings (SSSR count). The molecule has 1 heterocycles. The molecule has 3 aromatic rings. The Balaban J connectivity index is 2.15. The lowest BCUT2D eigenvalue weighted by atomic mass is 10.0. The van der Waals surface area contributed by atoms with E-state index in [-0.39, 0.29) is 12.4 Å². The Morgan fingerprint density at radius 3 is 2.95 bits per heavy atom. The van der Waals surface area contributed by atoms with Gasteiger partial charge in [-0.3, -0.25) is 4.79 Å². The van der Waals surface area contributed by atoms with E-state index in [0.717, 1.165) is 16.2 Å². The molecule has 4 heteroatoms. The highest BCUT2D eigenvalue weighted by molar-refractivity contribution is 6.07. The molecule has 0 radical (unpaired) electrons. The largest absolute Gasteiger partial charge is 0.466 e. The van der Waals surface area contributed by atoms with E-state index in [1.165, 1.54) is 0 Å². The molecule has 2 aromatic carbocycles. The van der Waals surface area contributed by atoms with Crippen LogP contribution in [0.15, 0.2) is 40.9 Å². The number of carbonyl (C=O) groups excluding carboxylic acids is 1. The van der Waals surface area contributed by atoms with Gasteiger partial charge in [0.05, 0.1) is 18.4 Å². The zero-order valence-electron chi connectivity index (χ0n) is 10.6. The minimum atomic E-state index is -0.286. The molecule has 0 spiro atoms. The van der Waals surface area contributed by atoms with Crippen molar-refractivity contribution in [3.05, 3.63) is 42.1 Å². The summed E-state index contributed by atoms with van der Waals surface area (Å²) in [6, 6.07) is 11.8. The summed E-state index contributed by atoms with van der Waals surface area (Å²) in [4.78, 5) is 11.6. The van der Waals surface area contributed by atoms with Gasteiger partial charge in [-0.05, 0) is 23.8 Å². The number of ether oxygens (including phenoxy) is 1. The Hall–Kier alpha value is -2.36. The monoisotopic (exact) mass is 255 g/mol. The van der Waals surface area contributed by atoms with Crippen molar-refractivity contribution in [1.82, 2.24) is 5.16 Å². The third kappa shape index (κ3) is 2.05. The fourth-order valence-electron chi connectivity index (χ4n) is 2.24. The van der Waals surface area contributed by atoms with E-state index < -0.39 is 0 Å². The first-order valence-electron chi connectivity index (χ1n) is 6.21. The first-order valence-corrected chi connectivity index (χ1v) is 6.21. The second-order valence-electron chi connectivity index (χ2n) is 4.27. The molecule has 0 saturated heterocycles. The minimum Gasteiger partial charge on any atom is -0.466 e. The topological polar surface area (TPSA) is 52.3 Å². The van der Waals surface area contributed by atoms with Gasteiger partial charge in [-0.15, -0.1) is 0 Å². The van der Waals surface area contributed by atoms with Gasteiger partial charge >= 0.3 is 5.97 Å². The van der Waals surface area contributed by atoms with Crippen LogP contribution in [0, 0.1) is 0 Å². The molecule has 0 aliphatic carbocycles. The van der Waals surface area contributed by atoms with Crippen LogP contribution in [0.4, 0.5) is 0 Å². The molecule has 0 aliphatic heterocycles. The van der Waals surface area contributed by atoms with Crippen molar-refractivity contribution in [3.8, 4) is 0 Å². The Labute approximate surface area is 109 Å². The van der Waals surface area contributed by atoms with E-state index in [9.17, 15) is 4.79 Å². The number of hydrogen-bond acceptors (Lipinski definition) is 4. The fraction of sp³-hybridized carbons (Fsp3) is 0.200. The molecule has 0 saturated carbocycles. The van der Waals surface area contributed by atoms with E-state index in [1.54, 1.807) is 6.92 Å². The van der Waals surface area contributed by atoms with E-state index in [1.807, 2.05) is 36.4 Å². The Kier molecular flexibility index (Phi) is 2.91. The maximum atomic E-state index is 11.6. The first-order chi connectivity index (χ1) is 9.29. The third-order valence-electron chi connectivity index (χ3n) is 3.05. The van der Waals surface area contributed by atoms with Crippen LogP contribution in [-0.4, -0.2) is 17.7 Å². The predicted octanol–water partition coefficient (Wildman–Crippen LogP) is 3.09. The van der Waals surface area contributed by atoms with Crippen LogP contribution in [0.5, 0.6) is 0 Å². The molecule has 1 aromatic heterocycles. The summed E-state index contributed by atoms with van der Waals surface area (Å²) in [6.45, 7) is 2.16. The molecule has 0 atom stereocenters. The van der Waals surface area contributed by atoms with E-state index in [4.69, 9.17) is 9.26 Å². The van der Waals surface area contributed by atoms with Crippen molar-refractivity contribution in [3.63, 3.8) is 0 Å². The van der Waals surface area contributed by atoms with Crippen LogP contribution in [0.1, 0.15) is 12.6 Å². The molecule has 0 amide bonds. The number of hydrogen-bond donors (Lipinski definition) is 0. The molecule has 0 aliphatic rings. The average molecular weight is 255 g/mol. The molecule has 0 N–H and O–H groups in total. The van der Waals surface area contributed by atoms with Crippen molar-refractivity contribution >= 4 is 27.7 Å². The zero-order valence-corrected chi connectivity index (χ0v) is 10.6.